The van der Waals surface area contributed by atoms with Crippen molar-refractivity contribution in [1.82, 2.24) is 20.0 Å². The number of benzene rings is 1. The minimum atomic E-state index is -0.280. The van der Waals surface area contributed by atoms with Crippen LogP contribution in [0.5, 0.6) is 0 Å². The zero-order valence-corrected chi connectivity index (χ0v) is 17.6. The fourth-order valence-electron chi connectivity index (χ4n) is 4.08. The lowest BCUT2D eigenvalue weighted by Gasteiger charge is -2.38. The lowest BCUT2D eigenvalue weighted by molar-refractivity contribution is -0.134. The highest BCUT2D eigenvalue weighted by Crippen LogP contribution is 2.15. The van der Waals surface area contributed by atoms with Gasteiger partial charge in [0.05, 0.1) is 18.6 Å². The van der Waals surface area contributed by atoms with Gasteiger partial charge in [-0.15, -0.1) is 0 Å². The van der Waals surface area contributed by atoms with Crippen molar-refractivity contribution < 1.29 is 14.0 Å². The molecule has 160 valence electrons. The molecule has 0 radical (unpaired) electrons. The van der Waals surface area contributed by atoms with Crippen molar-refractivity contribution in [3.8, 4) is 0 Å². The number of hydrogen-bond donors (Lipinski definition) is 1. The van der Waals surface area contributed by atoms with Crippen molar-refractivity contribution in [2.75, 3.05) is 45.8 Å². The van der Waals surface area contributed by atoms with E-state index in [2.05, 4.69) is 15.1 Å². The Morgan fingerprint density at radius 2 is 1.59 bits per heavy atom. The minimum Gasteiger partial charge on any atom is -0.348 e. The predicted molar refractivity (Wildman–Crippen MR) is 111 cm³/mol. The van der Waals surface area contributed by atoms with E-state index in [1.807, 2.05) is 18.7 Å². The summed E-state index contributed by atoms with van der Waals surface area (Å²) >= 11 is 0. The summed E-state index contributed by atoms with van der Waals surface area (Å²) in [6.07, 6.45) is 3.45. The molecule has 1 aromatic rings. The molecule has 0 aliphatic carbocycles. The van der Waals surface area contributed by atoms with Gasteiger partial charge in [0.1, 0.15) is 5.82 Å². The van der Waals surface area contributed by atoms with Crippen molar-refractivity contribution in [1.29, 1.82) is 0 Å². The van der Waals surface area contributed by atoms with Crippen molar-refractivity contribution in [2.45, 2.75) is 45.2 Å². The van der Waals surface area contributed by atoms with Crippen molar-refractivity contribution in [2.24, 2.45) is 0 Å². The zero-order valence-electron chi connectivity index (χ0n) is 17.6. The number of piperidine rings is 1. The average molecular weight is 405 g/mol. The summed E-state index contributed by atoms with van der Waals surface area (Å²) < 4.78 is 13.1. The van der Waals surface area contributed by atoms with Gasteiger partial charge in [-0.05, 0) is 50.8 Å². The van der Waals surface area contributed by atoms with Crippen LogP contribution in [0.3, 0.4) is 0 Å². The number of rotatable bonds is 6. The standard InChI is InChI=1S/C22H33FN4O2/c1-17(19-6-8-20(23)9-7-19)24-22(29)18(2)26-14-12-25(13-15-26)16-21(28)27-10-4-3-5-11-27/h6-9,17-18H,3-5,10-16H2,1-2H3,(H,24,29)/t17-,18+/m1/s1. The van der Waals surface area contributed by atoms with Crippen LogP contribution in [-0.2, 0) is 9.59 Å². The highest BCUT2D eigenvalue weighted by molar-refractivity contribution is 5.81. The molecule has 2 atom stereocenters. The molecule has 0 bridgehead atoms. The van der Waals surface area contributed by atoms with Gasteiger partial charge in [0.2, 0.25) is 11.8 Å². The number of nitrogens with zero attached hydrogens (tertiary/aromatic N) is 3. The van der Waals surface area contributed by atoms with Gasteiger partial charge in [0.15, 0.2) is 0 Å². The first-order chi connectivity index (χ1) is 13.9. The molecule has 3 rings (SSSR count). The maximum Gasteiger partial charge on any atom is 0.237 e. The van der Waals surface area contributed by atoms with Crippen molar-refractivity contribution in [3.63, 3.8) is 0 Å². The van der Waals surface area contributed by atoms with E-state index in [1.165, 1.54) is 18.6 Å². The average Bonchev–Trinajstić information content (AvgIpc) is 2.74. The number of carbonyl (C=O) groups is 2. The molecule has 6 nitrogen and oxygen atoms in total. The summed E-state index contributed by atoms with van der Waals surface area (Å²) in [6.45, 7) is 9.22. The smallest absolute Gasteiger partial charge is 0.237 e. The van der Waals surface area contributed by atoms with Gasteiger partial charge in [-0.25, -0.2) is 4.39 Å². The molecule has 2 saturated heterocycles. The van der Waals surface area contributed by atoms with E-state index in [4.69, 9.17) is 0 Å². The van der Waals surface area contributed by atoms with Crippen molar-refractivity contribution >= 4 is 11.8 Å². The Balaban J connectivity index is 1.42. The fourth-order valence-corrected chi connectivity index (χ4v) is 4.08. The highest BCUT2D eigenvalue weighted by atomic mass is 19.1. The third-order valence-electron chi connectivity index (χ3n) is 6.13. The first-order valence-corrected chi connectivity index (χ1v) is 10.7. The molecule has 2 aliphatic heterocycles. The summed E-state index contributed by atoms with van der Waals surface area (Å²) in [6, 6.07) is 5.80. The van der Waals surface area contributed by atoms with Crippen LogP contribution < -0.4 is 5.32 Å². The molecule has 7 heteroatoms. The topological polar surface area (TPSA) is 55.9 Å². The quantitative estimate of drug-likeness (QED) is 0.788. The number of amides is 2. The fraction of sp³-hybridized carbons (Fsp3) is 0.636. The van der Waals surface area contributed by atoms with Crippen LogP contribution >= 0.6 is 0 Å². The van der Waals surface area contributed by atoms with E-state index in [-0.39, 0.29) is 29.7 Å². The molecule has 29 heavy (non-hydrogen) atoms. The zero-order chi connectivity index (χ0) is 20.8. The van der Waals surface area contributed by atoms with E-state index < -0.39 is 0 Å². The largest absolute Gasteiger partial charge is 0.348 e. The minimum absolute atomic E-state index is 0.0281. The lowest BCUT2D eigenvalue weighted by atomic mass is 10.1. The number of halogens is 1. The Morgan fingerprint density at radius 1 is 0.966 bits per heavy atom. The van der Waals surface area contributed by atoms with Crippen LogP contribution in [0.1, 0.15) is 44.7 Å². The summed E-state index contributed by atoms with van der Waals surface area (Å²) in [5, 5.41) is 3.02. The van der Waals surface area contributed by atoms with E-state index in [0.29, 0.717) is 6.54 Å². The monoisotopic (exact) mass is 404 g/mol. The predicted octanol–water partition coefficient (Wildman–Crippen LogP) is 2.02. The van der Waals surface area contributed by atoms with Gasteiger partial charge >= 0.3 is 0 Å². The maximum atomic E-state index is 13.1. The van der Waals surface area contributed by atoms with Gasteiger partial charge in [-0.3, -0.25) is 19.4 Å². The van der Waals surface area contributed by atoms with Crippen LogP contribution in [0.2, 0.25) is 0 Å². The van der Waals surface area contributed by atoms with Gasteiger partial charge in [0.25, 0.3) is 0 Å². The lowest BCUT2D eigenvalue weighted by Crippen LogP contribution is -2.55. The molecule has 0 aromatic heterocycles. The molecule has 2 amide bonds. The Hall–Kier alpha value is -1.99. The maximum absolute atomic E-state index is 13.1. The molecule has 1 aromatic carbocycles. The van der Waals surface area contributed by atoms with Gasteiger partial charge < -0.3 is 10.2 Å². The van der Waals surface area contributed by atoms with Gasteiger partial charge in [-0.2, -0.15) is 0 Å². The SMILES string of the molecule is C[C@@H](NC(=O)[C@H](C)N1CCN(CC(=O)N2CCCCC2)CC1)c1ccc(F)cc1. The molecular formula is C22H33FN4O2. The molecule has 0 unspecified atom stereocenters. The Kier molecular flexibility index (Phi) is 7.61. The number of piperazine rings is 1. The van der Waals surface area contributed by atoms with Crippen LogP contribution in [0.15, 0.2) is 24.3 Å². The van der Waals surface area contributed by atoms with E-state index >= 15 is 0 Å². The summed E-state index contributed by atoms with van der Waals surface area (Å²) in [5.74, 6) is -0.0750. The van der Waals surface area contributed by atoms with Crippen LogP contribution in [0.25, 0.3) is 0 Å². The Bertz CT molecular complexity index is 683. The van der Waals surface area contributed by atoms with Crippen LogP contribution in [0.4, 0.5) is 4.39 Å². The third-order valence-corrected chi connectivity index (χ3v) is 6.13. The number of likely N-dealkylation sites (tertiary alicyclic amines) is 1. The number of nitrogens with one attached hydrogen (secondary N) is 1. The van der Waals surface area contributed by atoms with Gasteiger partial charge in [-0.1, -0.05) is 12.1 Å². The summed E-state index contributed by atoms with van der Waals surface area (Å²) in [7, 11) is 0. The number of carbonyl (C=O) groups excluding carboxylic acids is 2. The first kappa shape index (κ1) is 21.7. The van der Waals surface area contributed by atoms with Crippen molar-refractivity contribution in [3.05, 3.63) is 35.6 Å². The van der Waals surface area contributed by atoms with E-state index in [9.17, 15) is 14.0 Å². The van der Waals surface area contributed by atoms with Crippen LogP contribution in [0, 0.1) is 5.82 Å². The molecule has 2 heterocycles. The Morgan fingerprint density at radius 3 is 2.21 bits per heavy atom. The molecule has 2 aliphatic rings. The first-order valence-electron chi connectivity index (χ1n) is 10.7. The summed E-state index contributed by atoms with van der Waals surface area (Å²) in [4.78, 5) is 31.5. The van der Waals surface area contributed by atoms with E-state index in [1.54, 1.807) is 12.1 Å². The van der Waals surface area contributed by atoms with E-state index in [0.717, 1.165) is 57.7 Å². The molecule has 0 spiro atoms. The summed E-state index contributed by atoms with van der Waals surface area (Å²) in [5.41, 5.74) is 0.882. The molecule has 2 fully saturated rings. The molecule has 1 N–H and O–H groups in total. The van der Waals surface area contributed by atoms with Gasteiger partial charge in [0, 0.05) is 39.3 Å². The normalized spacial score (nSPS) is 20.9. The second-order valence-corrected chi connectivity index (χ2v) is 8.21. The molecular weight excluding hydrogens is 371 g/mol. The number of hydrogen-bond acceptors (Lipinski definition) is 4. The van der Waals surface area contributed by atoms with Crippen LogP contribution in [-0.4, -0.2) is 78.4 Å². The second kappa shape index (κ2) is 10.2. The third kappa shape index (κ3) is 6.00. The Labute approximate surface area is 173 Å². The molecule has 0 saturated carbocycles. The highest BCUT2D eigenvalue weighted by Gasteiger charge is 2.28. The second-order valence-electron chi connectivity index (χ2n) is 8.21.